The molecule has 126 heavy (non-hydrogen) atoms. The third kappa shape index (κ3) is 34.8. The molecule has 7 atom stereocenters. The Bertz CT molecular complexity index is 4050. The molecule has 0 N–H and O–H groups in total. The van der Waals surface area contributed by atoms with Crippen LogP contribution >= 0.6 is 0 Å². The van der Waals surface area contributed by atoms with E-state index in [2.05, 4.69) is 343 Å². The molecular formula is C105H186N18O2S. The topological polar surface area (TPSA) is 143 Å². The molecule has 0 aliphatic carbocycles. The van der Waals surface area contributed by atoms with Crippen molar-refractivity contribution >= 4 is 9.84 Å². The monoisotopic (exact) mass is 1760 g/mol. The van der Waals surface area contributed by atoms with Gasteiger partial charge in [-0.2, -0.15) is 0 Å². The van der Waals surface area contributed by atoms with Crippen LogP contribution in [-0.2, 0) is 87.8 Å². The van der Waals surface area contributed by atoms with Gasteiger partial charge in [0.15, 0.2) is 9.84 Å². The minimum Gasteiger partial charge on any atom is -0.354 e. The average molecular weight is 1760 g/mol. The smallest absolute Gasteiger partial charge is 0.157 e. The van der Waals surface area contributed by atoms with Gasteiger partial charge >= 0.3 is 0 Å². The van der Waals surface area contributed by atoms with Gasteiger partial charge in [0.2, 0.25) is 0 Å². The maximum atomic E-state index is 12.2. The zero-order valence-corrected chi connectivity index (χ0v) is 86.5. The normalized spacial score (nSPS) is 22.7. The Morgan fingerprint density at radius 2 is 0.587 bits per heavy atom. The summed E-state index contributed by atoms with van der Waals surface area (Å²) in [7, 11) is -3.00. The summed E-state index contributed by atoms with van der Waals surface area (Å²) in [5.74, 6) is 8.34. The zero-order chi connectivity index (χ0) is 92.6. The largest absolute Gasteiger partial charge is 0.354 e. The fraction of sp³-hybridized carbons (Fsp3) is 0.771. The van der Waals surface area contributed by atoms with Crippen LogP contribution < -0.4 is 0 Å². The summed E-state index contributed by atoms with van der Waals surface area (Å²) in [6.45, 7) is 87.0. The quantitative estimate of drug-likeness (QED) is 0.0758. The molecule has 14 heterocycles. The van der Waals surface area contributed by atoms with Gasteiger partial charge in [-0.1, -0.05) is 34.6 Å². The van der Waals surface area contributed by atoms with Crippen LogP contribution in [0.5, 0.6) is 0 Å². The first kappa shape index (κ1) is 106. The van der Waals surface area contributed by atoms with Crippen LogP contribution in [0, 0.1) is 49.4 Å². The van der Waals surface area contributed by atoms with Gasteiger partial charge in [-0.3, -0.25) is 34.3 Å². The summed E-state index contributed by atoms with van der Waals surface area (Å²) < 4.78 is 40.5. The second-order valence-corrected chi connectivity index (χ2v) is 48.0. The summed E-state index contributed by atoms with van der Waals surface area (Å²) in [4.78, 5) is 35.3. The number of likely N-dealkylation sites (tertiary alicyclic amines) is 6. The molecule has 0 radical (unpaired) electrons. The highest BCUT2D eigenvalue weighted by atomic mass is 32.2. The first-order valence-corrected chi connectivity index (χ1v) is 51.7. The van der Waals surface area contributed by atoms with E-state index < -0.39 is 9.84 Å². The van der Waals surface area contributed by atoms with E-state index in [1.54, 1.807) is 6.20 Å². The van der Waals surface area contributed by atoms with Crippen molar-refractivity contribution in [1.29, 1.82) is 0 Å². The van der Waals surface area contributed by atoms with Gasteiger partial charge < -0.3 is 32.0 Å². The Morgan fingerprint density at radius 3 is 0.841 bits per heavy atom. The maximum Gasteiger partial charge on any atom is 0.157 e. The summed E-state index contributed by atoms with van der Waals surface area (Å²) in [6.07, 6.45) is 51.2. The van der Waals surface area contributed by atoms with Crippen molar-refractivity contribution in [2.24, 2.45) is 35.5 Å². The highest BCUT2D eigenvalue weighted by molar-refractivity contribution is 7.92. The van der Waals surface area contributed by atoms with Gasteiger partial charge in [0.1, 0.15) is 17.5 Å². The van der Waals surface area contributed by atoms with Crippen LogP contribution in [0.4, 0.5) is 0 Å². The Balaban J connectivity index is 0.000000182. The zero-order valence-electron chi connectivity index (χ0n) is 85.7. The van der Waals surface area contributed by atoms with E-state index in [-0.39, 0.29) is 16.5 Å². The minimum absolute atomic E-state index is 0.0121. The predicted octanol–water partition coefficient (Wildman–Crippen LogP) is 20.4. The van der Waals surface area contributed by atoms with Gasteiger partial charge in [0, 0.05) is 230 Å². The van der Waals surface area contributed by atoms with Crippen LogP contribution in [0.15, 0.2) is 105 Å². The second-order valence-electron chi connectivity index (χ2n) is 45.6. The van der Waals surface area contributed by atoms with E-state index in [4.69, 9.17) is 0 Å². The molecule has 7 aliphatic rings. The van der Waals surface area contributed by atoms with Crippen LogP contribution in [0.1, 0.15) is 297 Å². The number of aromatic nitrogens is 11. The van der Waals surface area contributed by atoms with Crippen molar-refractivity contribution in [3.8, 4) is 0 Å². The van der Waals surface area contributed by atoms with Crippen LogP contribution in [0.2, 0.25) is 0 Å². The molecule has 7 aromatic heterocycles. The minimum atomic E-state index is -3.00. The number of hydrogen-bond acceptors (Lipinski definition) is 13. The van der Waals surface area contributed by atoms with Crippen molar-refractivity contribution in [3.63, 3.8) is 0 Å². The Labute approximate surface area is 770 Å². The van der Waals surface area contributed by atoms with E-state index in [0.29, 0.717) is 52.9 Å². The Kier molecular flexibility index (Phi) is 40.4. The van der Waals surface area contributed by atoms with Gasteiger partial charge in [-0.15, -0.1) is 0 Å². The van der Waals surface area contributed by atoms with E-state index in [9.17, 15) is 8.42 Å². The third-order valence-corrected chi connectivity index (χ3v) is 30.2. The summed E-state index contributed by atoms with van der Waals surface area (Å²) in [6, 6.07) is 6.76. The summed E-state index contributed by atoms with van der Waals surface area (Å²) in [5, 5.41) is -0.339. The molecule has 20 nitrogen and oxygen atoms in total. The van der Waals surface area contributed by atoms with E-state index in [1.807, 2.05) is 36.4 Å². The van der Waals surface area contributed by atoms with E-state index >= 15 is 0 Å². The molecule has 0 aromatic carbocycles. The number of imidazole rings is 4. The molecule has 7 fully saturated rings. The van der Waals surface area contributed by atoms with Gasteiger partial charge in [0.05, 0.1) is 23.0 Å². The molecule has 1 unspecified atom stereocenters. The van der Waals surface area contributed by atoms with E-state index in [1.165, 1.54) is 204 Å². The molecule has 0 amide bonds. The molecule has 7 saturated heterocycles. The molecule has 0 bridgehead atoms. The standard InChI is InChI=1S/3C16H28N2.2C15H27N3.C14H25N3.C13H23N3O2S/c3*1-5-14-8-10-17(11-14)12-15-7-6-9-18(13-15)16(2,3)4;2*1-5-14-16-8-10-17(14)11-13-7-6-9-18(12-13)15(2,3)4;1-12-8-16(11-15-12)9-13-6-5-7-17(10-13)14(2,3)4;1-11-14-5-6-15(11)9-12-10-16(13(2,3)4)7-8-19(12,17)18/h3*8,10-11,15H,5-7,9,12-13H2,1-4H3;2*8,10,13H,5-7,9,11-12H2,1-4H3;8,11,13H,5-7,9-10H2,1-4H3;5-6,12H,7-10H2,1-4H3/t3*15-;3*13-;/m100000./s1. The molecule has 0 spiro atoms. The molecule has 7 aromatic rings. The molecular weight excluding hydrogens is 1580 g/mol. The highest BCUT2D eigenvalue weighted by Gasteiger charge is 2.39. The lowest BCUT2D eigenvalue weighted by molar-refractivity contribution is 0.0731. The van der Waals surface area contributed by atoms with Gasteiger partial charge in [0.25, 0.3) is 0 Å². The predicted molar refractivity (Wildman–Crippen MR) is 532 cm³/mol. The first-order chi connectivity index (χ1) is 59.1. The van der Waals surface area contributed by atoms with Crippen LogP contribution in [0.25, 0.3) is 0 Å². The lowest BCUT2D eigenvalue weighted by Gasteiger charge is -2.41. The van der Waals surface area contributed by atoms with Crippen molar-refractivity contribution in [2.45, 2.75) is 393 Å². The summed E-state index contributed by atoms with van der Waals surface area (Å²) >= 11 is 0. The molecule has 0 saturated carbocycles. The number of nitrogens with zero attached hydrogens (tertiary/aromatic N) is 18. The van der Waals surface area contributed by atoms with Gasteiger partial charge in [-0.05, 0) is 365 Å². The molecule has 21 heteroatoms. The Hall–Kier alpha value is -5.65. The Morgan fingerprint density at radius 1 is 0.310 bits per heavy atom. The van der Waals surface area contributed by atoms with Crippen molar-refractivity contribution in [3.05, 3.63) is 145 Å². The third-order valence-electron chi connectivity index (χ3n) is 28.1. The highest BCUT2D eigenvalue weighted by Crippen LogP contribution is 2.33. The number of aryl methyl sites for hydroxylation is 7. The van der Waals surface area contributed by atoms with Crippen LogP contribution in [0.3, 0.4) is 0 Å². The molecule has 7 aliphatic heterocycles. The van der Waals surface area contributed by atoms with E-state index in [0.717, 1.165) is 98.8 Å². The number of piperidine rings is 6. The molecule has 714 valence electrons. The maximum absolute atomic E-state index is 12.2. The number of rotatable bonds is 19. The van der Waals surface area contributed by atoms with Crippen molar-refractivity contribution < 1.29 is 8.42 Å². The lowest BCUT2D eigenvalue weighted by Crippen LogP contribution is -2.55. The molecule has 14 rings (SSSR count). The van der Waals surface area contributed by atoms with Crippen molar-refractivity contribution in [1.82, 2.24) is 86.2 Å². The van der Waals surface area contributed by atoms with Crippen LogP contribution in [-0.4, -0.2) is 236 Å². The fourth-order valence-corrected chi connectivity index (χ4v) is 21.4. The SMILES string of the molecule is CCc1ccn(C[C@@H]2CCCN(C(C)(C)C)C2)c1.CCc1ccn(C[C@@H]2CCCN(C(C)(C)C)C2)c1.CCc1ccn(C[C@H]2CCCN(C(C)(C)C)C2)c1.CCc1nccn1C[C@@H]1CCCN(C(C)(C)C)C1.CCc1nccn1C[C@@H]1CCCN(C(C)(C)C)C1.Cc1cn(C[C@@H]2CCCN(C(C)(C)C)C2)cn1.Cc1nccn1CC1CN(C(C)(C)C)CCS1(=O)=O. The van der Waals surface area contributed by atoms with Gasteiger partial charge in [-0.25, -0.2) is 28.4 Å². The van der Waals surface area contributed by atoms with Crippen molar-refractivity contribution in [2.75, 3.05) is 97.4 Å². The average Bonchev–Trinajstić information content (AvgIpc) is 1.16. The second kappa shape index (κ2) is 48.1. The summed E-state index contributed by atoms with van der Waals surface area (Å²) in [5.41, 5.74) is 7.39. The lowest BCUT2D eigenvalue weighted by atomic mass is 9.93. The number of hydrogen-bond donors (Lipinski definition) is 0. The fourth-order valence-electron chi connectivity index (χ4n) is 19.8. The first-order valence-electron chi connectivity index (χ1n) is 50.0. The number of sulfone groups is 1.